The summed E-state index contributed by atoms with van der Waals surface area (Å²) in [6, 6.07) is 0. The Bertz CT molecular complexity index is 259. The molecule has 0 radical (unpaired) electrons. The molecule has 1 unspecified atom stereocenters. The second kappa shape index (κ2) is 6.07. The van der Waals surface area contributed by atoms with Gasteiger partial charge in [0.1, 0.15) is 0 Å². The van der Waals surface area contributed by atoms with Gasteiger partial charge in [0.2, 0.25) is 5.91 Å². The fourth-order valence-electron chi connectivity index (χ4n) is 2.03. The first-order valence-electron chi connectivity index (χ1n) is 5.96. The van der Waals surface area contributed by atoms with Crippen LogP contribution < -0.4 is 5.32 Å². The molecule has 0 heterocycles. The van der Waals surface area contributed by atoms with Crippen LogP contribution in [0.5, 0.6) is 0 Å². The lowest BCUT2D eigenvalue weighted by Crippen LogP contribution is -2.47. The maximum absolute atomic E-state index is 11.8. The molecule has 1 aliphatic rings. The Morgan fingerprint density at radius 3 is 2.65 bits per heavy atom. The van der Waals surface area contributed by atoms with E-state index >= 15 is 0 Å². The highest BCUT2D eigenvalue weighted by Gasteiger charge is 2.39. The zero-order chi connectivity index (χ0) is 12.9. The van der Waals surface area contributed by atoms with Crippen LogP contribution in [0.2, 0.25) is 0 Å². The third-order valence-corrected chi connectivity index (χ3v) is 4.21. The summed E-state index contributed by atoms with van der Waals surface area (Å²) in [5, 5.41) is 12.7. The van der Waals surface area contributed by atoms with Crippen LogP contribution in [-0.4, -0.2) is 47.9 Å². The highest BCUT2D eigenvalue weighted by atomic mass is 32.2. The van der Waals surface area contributed by atoms with Crippen molar-refractivity contribution in [1.29, 1.82) is 0 Å². The number of hydrogen-bond donors (Lipinski definition) is 2. The third kappa shape index (κ3) is 4.48. The van der Waals surface area contributed by atoms with Crippen molar-refractivity contribution in [2.24, 2.45) is 0 Å². The molecule has 0 aromatic rings. The lowest BCUT2D eigenvalue weighted by molar-refractivity contribution is -0.135. The van der Waals surface area contributed by atoms with Gasteiger partial charge in [-0.1, -0.05) is 0 Å². The van der Waals surface area contributed by atoms with E-state index in [1.165, 1.54) is 0 Å². The van der Waals surface area contributed by atoms with Crippen molar-refractivity contribution in [1.82, 2.24) is 5.32 Å². The summed E-state index contributed by atoms with van der Waals surface area (Å²) in [4.78, 5) is 11.8. The molecule has 1 atom stereocenters. The standard InChI is InChI=1S/C12H23NO3S/c1-11(15,9-17-3)8-13-10(14)7-12(16-2)5-4-6-12/h15H,4-9H2,1-3H3,(H,13,14). The maximum Gasteiger partial charge on any atom is 0.223 e. The molecule has 0 bridgehead atoms. The first-order valence-corrected chi connectivity index (χ1v) is 7.36. The fraction of sp³-hybridized carbons (Fsp3) is 0.917. The molecule has 0 aliphatic heterocycles. The maximum atomic E-state index is 11.8. The summed E-state index contributed by atoms with van der Waals surface area (Å²) in [5.41, 5.74) is -1.08. The normalized spacial score (nSPS) is 21.4. The molecular weight excluding hydrogens is 238 g/mol. The Morgan fingerprint density at radius 1 is 1.59 bits per heavy atom. The van der Waals surface area contributed by atoms with Crippen molar-refractivity contribution >= 4 is 17.7 Å². The van der Waals surface area contributed by atoms with Crippen LogP contribution in [0.4, 0.5) is 0 Å². The van der Waals surface area contributed by atoms with Gasteiger partial charge < -0.3 is 15.2 Å². The molecule has 4 nitrogen and oxygen atoms in total. The first-order chi connectivity index (χ1) is 7.93. The van der Waals surface area contributed by atoms with Gasteiger partial charge in [-0.05, 0) is 32.4 Å². The molecule has 0 aromatic carbocycles. The van der Waals surface area contributed by atoms with Crippen molar-refractivity contribution in [3.05, 3.63) is 0 Å². The van der Waals surface area contributed by atoms with Gasteiger partial charge in [-0.15, -0.1) is 0 Å². The van der Waals surface area contributed by atoms with E-state index < -0.39 is 5.60 Å². The average molecular weight is 261 g/mol. The Labute approximate surface area is 107 Å². The highest BCUT2D eigenvalue weighted by molar-refractivity contribution is 7.98. The van der Waals surface area contributed by atoms with Gasteiger partial charge in [-0.2, -0.15) is 11.8 Å². The van der Waals surface area contributed by atoms with E-state index in [-0.39, 0.29) is 11.5 Å². The number of methoxy groups -OCH3 is 1. The van der Waals surface area contributed by atoms with Crippen molar-refractivity contribution < 1.29 is 14.6 Å². The van der Waals surface area contributed by atoms with Crippen LogP contribution >= 0.6 is 11.8 Å². The van der Waals surface area contributed by atoms with E-state index in [0.717, 1.165) is 19.3 Å². The summed E-state index contributed by atoms with van der Waals surface area (Å²) in [5.74, 6) is 0.579. The summed E-state index contributed by atoms with van der Waals surface area (Å²) in [6.45, 7) is 2.03. The predicted octanol–water partition coefficient (Wildman–Crippen LogP) is 1.18. The molecule has 1 fully saturated rings. The van der Waals surface area contributed by atoms with Crippen molar-refractivity contribution in [2.45, 2.75) is 43.8 Å². The van der Waals surface area contributed by atoms with Crippen LogP contribution in [0.25, 0.3) is 0 Å². The molecule has 1 amide bonds. The topological polar surface area (TPSA) is 58.6 Å². The second-order valence-electron chi connectivity index (χ2n) is 5.12. The van der Waals surface area contributed by atoms with Crippen LogP contribution in [-0.2, 0) is 9.53 Å². The van der Waals surface area contributed by atoms with E-state index in [2.05, 4.69) is 5.32 Å². The Morgan fingerprint density at radius 2 is 2.24 bits per heavy atom. The lowest BCUT2D eigenvalue weighted by Gasteiger charge is -2.40. The van der Waals surface area contributed by atoms with Crippen molar-refractivity contribution in [2.75, 3.05) is 25.7 Å². The van der Waals surface area contributed by atoms with E-state index in [4.69, 9.17) is 4.74 Å². The largest absolute Gasteiger partial charge is 0.387 e. The summed E-state index contributed by atoms with van der Waals surface area (Å²) < 4.78 is 5.40. The van der Waals surface area contributed by atoms with E-state index in [1.54, 1.807) is 25.8 Å². The summed E-state index contributed by atoms with van der Waals surface area (Å²) in [6.07, 6.45) is 5.38. The molecular formula is C12H23NO3S. The summed E-state index contributed by atoms with van der Waals surface area (Å²) >= 11 is 1.57. The third-order valence-electron chi connectivity index (χ3n) is 3.30. The Kier molecular flexibility index (Phi) is 5.28. The number of thioether (sulfide) groups is 1. The molecule has 5 heteroatoms. The number of nitrogens with one attached hydrogen (secondary N) is 1. The monoisotopic (exact) mass is 261 g/mol. The van der Waals surface area contributed by atoms with Gasteiger partial charge >= 0.3 is 0 Å². The second-order valence-corrected chi connectivity index (χ2v) is 5.99. The molecule has 17 heavy (non-hydrogen) atoms. The molecule has 0 saturated heterocycles. The molecule has 100 valence electrons. The zero-order valence-corrected chi connectivity index (χ0v) is 11.7. The molecule has 1 rings (SSSR count). The van der Waals surface area contributed by atoms with E-state index in [0.29, 0.717) is 18.7 Å². The van der Waals surface area contributed by atoms with Crippen molar-refractivity contribution in [3.8, 4) is 0 Å². The minimum atomic E-state index is -0.838. The van der Waals surface area contributed by atoms with Crippen LogP contribution in [0.3, 0.4) is 0 Å². The molecule has 0 spiro atoms. The van der Waals surface area contributed by atoms with Gasteiger partial charge in [-0.25, -0.2) is 0 Å². The van der Waals surface area contributed by atoms with E-state index in [9.17, 15) is 9.90 Å². The minimum absolute atomic E-state index is 0.0343. The van der Waals surface area contributed by atoms with Gasteiger partial charge in [0.05, 0.1) is 17.6 Å². The predicted molar refractivity (Wildman–Crippen MR) is 70.2 cm³/mol. The van der Waals surface area contributed by atoms with Gasteiger partial charge in [0.25, 0.3) is 0 Å². The number of ether oxygens (including phenoxy) is 1. The van der Waals surface area contributed by atoms with Gasteiger partial charge in [-0.3, -0.25) is 4.79 Å². The molecule has 2 N–H and O–H groups in total. The van der Waals surface area contributed by atoms with Crippen LogP contribution in [0.1, 0.15) is 32.6 Å². The smallest absolute Gasteiger partial charge is 0.223 e. The molecule has 0 aromatic heterocycles. The number of carbonyl (C=O) groups excluding carboxylic acids is 1. The first kappa shape index (κ1) is 14.8. The number of carbonyl (C=O) groups is 1. The fourth-order valence-corrected chi connectivity index (χ4v) is 2.75. The van der Waals surface area contributed by atoms with E-state index in [1.807, 2.05) is 6.26 Å². The number of amides is 1. The lowest BCUT2D eigenvalue weighted by atomic mass is 9.77. The van der Waals surface area contributed by atoms with Gasteiger partial charge in [0.15, 0.2) is 0 Å². The zero-order valence-electron chi connectivity index (χ0n) is 10.9. The van der Waals surface area contributed by atoms with Crippen LogP contribution in [0, 0.1) is 0 Å². The van der Waals surface area contributed by atoms with Crippen molar-refractivity contribution in [3.63, 3.8) is 0 Å². The molecule has 1 aliphatic carbocycles. The van der Waals surface area contributed by atoms with Crippen LogP contribution in [0.15, 0.2) is 0 Å². The average Bonchev–Trinajstić information content (AvgIpc) is 2.21. The highest BCUT2D eigenvalue weighted by Crippen LogP contribution is 2.37. The Balaban J connectivity index is 2.30. The molecule has 1 saturated carbocycles. The summed E-state index contributed by atoms with van der Waals surface area (Å²) in [7, 11) is 1.66. The SMILES string of the molecule is COC1(CC(=O)NCC(C)(O)CSC)CCC1. The number of aliphatic hydroxyl groups is 1. The minimum Gasteiger partial charge on any atom is -0.387 e. The number of rotatable bonds is 7. The van der Waals surface area contributed by atoms with Gasteiger partial charge in [0, 0.05) is 19.4 Å². The number of hydrogen-bond acceptors (Lipinski definition) is 4. The quantitative estimate of drug-likeness (QED) is 0.722. The Hall–Kier alpha value is -0.260.